The topological polar surface area (TPSA) is 57.2 Å². The first-order chi connectivity index (χ1) is 10.3. The molecule has 0 aliphatic carbocycles. The molecule has 0 aliphatic rings. The van der Waals surface area contributed by atoms with Crippen molar-refractivity contribution in [1.82, 2.24) is 0 Å². The van der Waals surface area contributed by atoms with E-state index in [2.05, 4.69) is 6.92 Å². The van der Waals surface area contributed by atoms with Crippen LogP contribution >= 0.6 is 0 Å². The maximum absolute atomic E-state index is 11.4. The third-order valence-electron chi connectivity index (χ3n) is 4.29. The van der Waals surface area contributed by atoms with E-state index in [1.165, 1.54) is 44.6 Å². The Morgan fingerprint density at radius 3 is 2.04 bits per heavy atom. The van der Waals surface area contributed by atoms with Crippen LogP contribution < -0.4 is 51.4 Å². The molecule has 0 spiro atoms. The molecule has 0 N–H and O–H groups in total. The summed E-state index contributed by atoms with van der Waals surface area (Å²) in [4.78, 5) is -0.0667. The third kappa shape index (κ3) is 8.61. The van der Waals surface area contributed by atoms with Crippen molar-refractivity contribution in [2.24, 2.45) is 0 Å². The fraction of sp³-hybridized carbons (Fsp3) is 0.667. The second kappa shape index (κ2) is 11.4. The molecule has 0 unspecified atom stereocenters. The predicted molar refractivity (Wildman–Crippen MR) is 90.0 cm³/mol. The summed E-state index contributed by atoms with van der Waals surface area (Å²) >= 11 is 0. The van der Waals surface area contributed by atoms with Crippen molar-refractivity contribution < 1.29 is 64.4 Å². The van der Waals surface area contributed by atoms with Gasteiger partial charge in [-0.15, -0.1) is 0 Å². The minimum atomic E-state index is -4.41. The Balaban J connectivity index is 0.00000484. The van der Waals surface area contributed by atoms with Crippen molar-refractivity contribution in [2.75, 3.05) is 0 Å². The van der Waals surface area contributed by atoms with Crippen molar-refractivity contribution in [3.63, 3.8) is 0 Å². The first-order valence-electron chi connectivity index (χ1n) is 8.34. The van der Waals surface area contributed by atoms with Gasteiger partial charge in [0.25, 0.3) is 0 Å². The first-order valence-corrected chi connectivity index (χ1v) is 9.75. The van der Waals surface area contributed by atoms with Crippen LogP contribution in [0.3, 0.4) is 0 Å². The quantitative estimate of drug-likeness (QED) is 0.362. The molecule has 126 valence electrons. The van der Waals surface area contributed by atoms with E-state index >= 15 is 0 Å². The van der Waals surface area contributed by atoms with Crippen LogP contribution in [0.4, 0.5) is 0 Å². The van der Waals surface area contributed by atoms with Crippen molar-refractivity contribution in [1.29, 1.82) is 0 Å². The van der Waals surface area contributed by atoms with E-state index in [-0.39, 0.29) is 61.7 Å². The molecule has 0 fully saturated rings. The number of hydrogen-bond donors (Lipinski definition) is 0. The second-order valence-electron chi connectivity index (χ2n) is 6.71. The van der Waals surface area contributed by atoms with Crippen molar-refractivity contribution in [3.05, 3.63) is 29.8 Å². The smallest absolute Gasteiger partial charge is 0.744 e. The fourth-order valence-electron chi connectivity index (χ4n) is 2.90. The molecule has 0 saturated heterocycles. The Kier molecular flexibility index (Phi) is 11.8. The van der Waals surface area contributed by atoms with Crippen LogP contribution in [0.2, 0.25) is 0 Å². The summed E-state index contributed by atoms with van der Waals surface area (Å²) in [5.74, 6) is 0. The molecule has 1 aromatic rings. The van der Waals surface area contributed by atoms with Gasteiger partial charge < -0.3 is 4.55 Å². The van der Waals surface area contributed by atoms with Crippen LogP contribution in [0, 0.1) is 0 Å². The van der Waals surface area contributed by atoms with Gasteiger partial charge >= 0.3 is 51.4 Å². The van der Waals surface area contributed by atoms with E-state index in [4.69, 9.17) is 0 Å². The molecule has 1 rings (SSSR count). The maximum atomic E-state index is 11.4. The van der Waals surface area contributed by atoms with Crippen LogP contribution in [0.1, 0.15) is 77.7 Å². The first kappa shape index (κ1) is 23.8. The van der Waals surface area contributed by atoms with Gasteiger partial charge in [-0.1, -0.05) is 83.9 Å². The van der Waals surface area contributed by atoms with E-state index in [0.717, 1.165) is 12.8 Å². The van der Waals surface area contributed by atoms with Gasteiger partial charge in [0.1, 0.15) is 10.1 Å². The van der Waals surface area contributed by atoms with Gasteiger partial charge in [0.2, 0.25) is 0 Å². The van der Waals surface area contributed by atoms with Crippen molar-refractivity contribution >= 4 is 10.1 Å². The Labute approximate surface area is 184 Å². The van der Waals surface area contributed by atoms with Gasteiger partial charge in [-0.05, 0) is 23.5 Å². The molecule has 0 saturated carbocycles. The van der Waals surface area contributed by atoms with Gasteiger partial charge in [0.15, 0.2) is 0 Å². The second-order valence-corrected chi connectivity index (χ2v) is 8.05. The summed E-state index contributed by atoms with van der Waals surface area (Å²) in [7, 11) is -4.41. The molecule has 0 heterocycles. The summed E-state index contributed by atoms with van der Waals surface area (Å²) in [6.07, 6.45) is 9.50. The minimum absolute atomic E-state index is 0. The third-order valence-corrected chi connectivity index (χ3v) is 5.19. The molecule has 0 amide bonds. The van der Waals surface area contributed by atoms with E-state index in [1.54, 1.807) is 18.2 Å². The molecule has 23 heavy (non-hydrogen) atoms. The number of benzene rings is 1. The standard InChI is InChI=1S/C18H30O3S.K/c1-4-5-6-7-8-9-12-15-18(2,3)16-13-10-11-14-17(16)22(19,20)21;/h10-11,13-14H,4-9,12,15H2,1-3H3,(H,19,20,21);/q;+1/p-1. The Morgan fingerprint density at radius 2 is 1.48 bits per heavy atom. The zero-order chi connectivity index (χ0) is 16.6. The molecular formula is C18H29KO3S. The average Bonchev–Trinajstić information content (AvgIpc) is 2.45. The summed E-state index contributed by atoms with van der Waals surface area (Å²) in [5.41, 5.74) is 0.355. The number of rotatable bonds is 10. The van der Waals surface area contributed by atoms with Crippen molar-refractivity contribution in [3.8, 4) is 0 Å². The maximum Gasteiger partial charge on any atom is 1.00 e. The molecule has 0 bridgehead atoms. The fourth-order valence-corrected chi connectivity index (χ4v) is 3.76. The van der Waals surface area contributed by atoms with Gasteiger partial charge in [0, 0.05) is 0 Å². The number of hydrogen-bond acceptors (Lipinski definition) is 3. The summed E-state index contributed by atoms with van der Waals surface area (Å²) < 4.78 is 34.3. The van der Waals surface area contributed by atoms with Crippen LogP contribution in [-0.4, -0.2) is 13.0 Å². The zero-order valence-corrected chi connectivity index (χ0v) is 19.0. The molecule has 1 aromatic carbocycles. The van der Waals surface area contributed by atoms with Gasteiger partial charge in [-0.2, -0.15) is 0 Å². The monoisotopic (exact) mass is 364 g/mol. The van der Waals surface area contributed by atoms with Crippen LogP contribution in [-0.2, 0) is 15.5 Å². The van der Waals surface area contributed by atoms with E-state index in [0.29, 0.717) is 5.56 Å². The Hall–Kier alpha value is 0.766. The van der Waals surface area contributed by atoms with Gasteiger partial charge in [0.05, 0.1) is 4.90 Å². The molecule has 0 radical (unpaired) electrons. The zero-order valence-electron chi connectivity index (χ0n) is 15.1. The SMILES string of the molecule is CCCCCCCCCC(C)(C)c1ccccc1S(=O)(=O)[O-].[K+]. The van der Waals surface area contributed by atoms with Crippen molar-refractivity contribution in [2.45, 2.75) is 82.4 Å². The van der Waals surface area contributed by atoms with Gasteiger partial charge in [-0.25, -0.2) is 8.42 Å². The van der Waals surface area contributed by atoms with Gasteiger partial charge in [-0.3, -0.25) is 0 Å². The van der Waals surface area contributed by atoms with E-state index in [9.17, 15) is 13.0 Å². The summed E-state index contributed by atoms with van der Waals surface area (Å²) in [6, 6.07) is 6.60. The summed E-state index contributed by atoms with van der Waals surface area (Å²) in [5, 5.41) is 0. The normalized spacial score (nSPS) is 12.0. The van der Waals surface area contributed by atoms with Crippen LogP contribution in [0.25, 0.3) is 0 Å². The molecular weight excluding hydrogens is 335 g/mol. The van der Waals surface area contributed by atoms with Crippen LogP contribution in [0.15, 0.2) is 29.2 Å². The molecule has 0 atom stereocenters. The molecule has 0 aliphatic heterocycles. The Bertz CT molecular complexity index is 553. The number of unbranched alkanes of at least 4 members (excludes halogenated alkanes) is 6. The summed E-state index contributed by atoms with van der Waals surface area (Å²) in [6.45, 7) is 6.26. The predicted octanol–water partition coefficient (Wildman–Crippen LogP) is 2.01. The van der Waals surface area contributed by atoms with E-state index in [1.807, 2.05) is 13.8 Å². The van der Waals surface area contributed by atoms with Crippen LogP contribution in [0.5, 0.6) is 0 Å². The molecule has 3 nitrogen and oxygen atoms in total. The average molecular weight is 365 g/mol. The Morgan fingerprint density at radius 1 is 0.957 bits per heavy atom. The largest absolute Gasteiger partial charge is 1.00 e. The minimum Gasteiger partial charge on any atom is -0.744 e. The van der Waals surface area contributed by atoms with E-state index < -0.39 is 10.1 Å². The molecule has 0 aromatic heterocycles. The molecule has 5 heteroatoms.